The standard InChI is InChI=1S/C16H23NO2/c1-3-12-5-7-13(8-6-12)16(19)17-14-9-4-11(2)15(18)10-14/h4,9-10,12-13,18H,3,5-8H2,1-2H3,(H,17,19). The molecule has 0 heterocycles. The Morgan fingerprint density at radius 3 is 2.58 bits per heavy atom. The lowest BCUT2D eigenvalue weighted by molar-refractivity contribution is -0.121. The Hall–Kier alpha value is -1.51. The number of aromatic hydroxyl groups is 1. The van der Waals surface area contributed by atoms with Crippen molar-refractivity contribution in [3.63, 3.8) is 0 Å². The highest BCUT2D eigenvalue weighted by Gasteiger charge is 2.25. The van der Waals surface area contributed by atoms with E-state index >= 15 is 0 Å². The fourth-order valence-corrected chi connectivity index (χ4v) is 2.76. The van der Waals surface area contributed by atoms with Crippen molar-refractivity contribution in [1.29, 1.82) is 0 Å². The van der Waals surface area contributed by atoms with Crippen LogP contribution in [0.4, 0.5) is 5.69 Å². The van der Waals surface area contributed by atoms with Crippen LogP contribution >= 0.6 is 0 Å². The van der Waals surface area contributed by atoms with Gasteiger partial charge >= 0.3 is 0 Å². The Kier molecular flexibility index (Phi) is 4.46. The van der Waals surface area contributed by atoms with Crippen LogP contribution < -0.4 is 5.32 Å². The Bertz CT molecular complexity index is 448. The van der Waals surface area contributed by atoms with Crippen LogP contribution in [-0.2, 0) is 4.79 Å². The molecule has 0 aliphatic heterocycles. The van der Waals surface area contributed by atoms with E-state index in [1.54, 1.807) is 6.07 Å². The maximum Gasteiger partial charge on any atom is 0.227 e. The maximum atomic E-state index is 12.2. The average molecular weight is 261 g/mol. The molecule has 0 aromatic heterocycles. The number of hydrogen-bond acceptors (Lipinski definition) is 2. The van der Waals surface area contributed by atoms with Gasteiger partial charge in [-0.25, -0.2) is 0 Å². The van der Waals surface area contributed by atoms with Crippen LogP contribution in [0.3, 0.4) is 0 Å². The molecule has 1 saturated carbocycles. The summed E-state index contributed by atoms with van der Waals surface area (Å²) in [4.78, 5) is 12.2. The van der Waals surface area contributed by atoms with E-state index in [4.69, 9.17) is 0 Å². The average Bonchev–Trinajstić information content (AvgIpc) is 2.43. The molecular formula is C16H23NO2. The van der Waals surface area contributed by atoms with Crippen LogP contribution in [0, 0.1) is 18.8 Å². The highest BCUT2D eigenvalue weighted by molar-refractivity contribution is 5.92. The summed E-state index contributed by atoms with van der Waals surface area (Å²) in [6, 6.07) is 5.27. The van der Waals surface area contributed by atoms with Gasteiger partial charge in [0.1, 0.15) is 5.75 Å². The van der Waals surface area contributed by atoms with E-state index in [1.165, 1.54) is 6.42 Å². The molecule has 1 aliphatic carbocycles. The van der Waals surface area contributed by atoms with E-state index in [2.05, 4.69) is 12.2 Å². The molecule has 1 aromatic rings. The fraction of sp³-hybridized carbons (Fsp3) is 0.562. The van der Waals surface area contributed by atoms with Gasteiger partial charge in [-0.15, -0.1) is 0 Å². The number of nitrogens with one attached hydrogen (secondary N) is 1. The number of phenolic OH excluding ortho intramolecular Hbond substituents is 1. The number of benzene rings is 1. The molecule has 2 N–H and O–H groups in total. The summed E-state index contributed by atoms with van der Waals surface area (Å²) in [5.74, 6) is 1.25. The van der Waals surface area contributed by atoms with Gasteiger partial charge in [-0.1, -0.05) is 19.4 Å². The summed E-state index contributed by atoms with van der Waals surface area (Å²) in [5.41, 5.74) is 1.51. The zero-order valence-corrected chi connectivity index (χ0v) is 11.8. The molecule has 0 radical (unpaired) electrons. The van der Waals surface area contributed by atoms with Gasteiger partial charge in [0.15, 0.2) is 0 Å². The van der Waals surface area contributed by atoms with Crippen molar-refractivity contribution >= 4 is 11.6 Å². The van der Waals surface area contributed by atoms with Gasteiger partial charge in [0, 0.05) is 17.7 Å². The number of amides is 1. The largest absolute Gasteiger partial charge is 0.508 e. The molecule has 1 amide bonds. The summed E-state index contributed by atoms with van der Waals surface area (Å²) in [6.45, 7) is 4.06. The van der Waals surface area contributed by atoms with E-state index in [0.717, 1.165) is 37.2 Å². The third kappa shape index (κ3) is 3.49. The second-order valence-electron chi connectivity index (χ2n) is 5.62. The molecule has 2 rings (SSSR count). The quantitative estimate of drug-likeness (QED) is 0.868. The molecular weight excluding hydrogens is 238 g/mol. The maximum absolute atomic E-state index is 12.2. The Morgan fingerprint density at radius 2 is 2.00 bits per heavy atom. The number of hydrogen-bond donors (Lipinski definition) is 2. The van der Waals surface area contributed by atoms with Crippen LogP contribution in [0.2, 0.25) is 0 Å². The number of phenols is 1. The Morgan fingerprint density at radius 1 is 1.32 bits per heavy atom. The molecule has 0 saturated heterocycles. The summed E-state index contributed by atoms with van der Waals surface area (Å²) in [5, 5.41) is 12.6. The first-order valence-electron chi connectivity index (χ1n) is 7.20. The van der Waals surface area contributed by atoms with E-state index in [-0.39, 0.29) is 17.6 Å². The molecule has 0 bridgehead atoms. The third-order valence-corrected chi connectivity index (χ3v) is 4.27. The summed E-state index contributed by atoms with van der Waals surface area (Å²) < 4.78 is 0. The smallest absolute Gasteiger partial charge is 0.227 e. The van der Waals surface area contributed by atoms with E-state index in [1.807, 2.05) is 19.1 Å². The Labute approximate surface area is 115 Å². The van der Waals surface area contributed by atoms with Gasteiger partial charge in [-0.05, 0) is 50.2 Å². The summed E-state index contributed by atoms with van der Waals surface area (Å²) in [6.07, 6.45) is 5.52. The van der Waals surface area contributed by atoms with Crippen molar-refractivity contribution < 1.29 is 9.90 Å². The first kappa shape index (κ1) is 13.9. The van der Waals surface area contributed by atoms with E-state index in [9.17, 15) is 9.90 Å². The van der Waals surface area contributed by atoms with Gasteiger partial charge in [0.2, 0.25) is 5.91 Å². The predicted molar refractivity (Wildman–Crippen MR) is 77.2 cm³/mol. The van der Waals surface area contributed by atoms with Gasteiger partial charge < -0.3 is 10.4 Å². The minimum absolute atomic E-state index is 0.0952. The molecule has 3 nitrogen and oxygen atoms in total. The van der Waals surface area contributed by atoms with Crippen molar-refractivity contribution in [2.24, 2.45) is 11.8 Å². The molecule has 1 aliphatic rings. The predicted octanol–water partition coefficient (Wildman–Crippen LogP) is 3.86. The van der Waals surface area contributed by atoms with Gasteiger partial charge in [-0.3, -0.25) is 4.79 Å². The van der Waals surface area contributed by atoms with Gasteiger partial charge in [-0.2, -0.15) is 0 Å². The monoisotopic (exact) mass is 261 g/mol. The van der Waals surface area contributed by atoms with E-state index < -0.39 is 0 Å². The molecule has 0 unspecified atom stereocenters. The van der Waals surface area contributed by atoms with Crippen LogP contribution in [0.25, 0.3) is 0 Å². The topological polar surface area (TPSA) is 49.3 Å². The summed E-state index contributed by atoms with van der Waals surface area (Å²) >= 11 is 0. The van der Waals surface area contributed by atoms with Gasteiger partial charge in [0.05, 0.1) is 0 Å². The molecule has 0 spiro atoms. The van der Waals surface area contributed by atoms with Crippen LogP contribution in [0.1, 0.15) is 44.6 Å². The third-order valence-electron chi connectivity index (χ3n) is 4.27. The SMILES string of the molecule is CCC1CCC(C(=O)Nc2ccc(C)c(O)c2)CC1. The molecule has 1 fully saturated rings. The highest BCUT2D eigenvalue weighted by atomic mass is 16.3. The van der Waals surface area contributed by atoms with Crippen molar-refractivity contribution in [3.8, 4) is 5.75 Å². The number of carbonyl (C=O) groups is 1. The zero-order chi connectivity index (χ0) is 13.8. The number of rotatable bonds is 3. The van der Waals surface area contributed by atoms with Crippen LogP contribution in [0.15, 0.2) is 18.2 Å². The zero-order valence-electron chi connectivity index (χ0n) is 11.8. The Balaban J connectivity index is 1.92. The van der Waals surface area contributed by atoms with Crippen molar-refractivity contribution in [2.75, 3.05) is 5.32 Å². The number of aryl methyl sites for hydroxylation is 1. The van der Waals surface area contributed by atoms with Crippen molar-refractivity contribution in [3.05, 3.63) is 23.8 Å². The van der Waals surface area contributed by atoms with Crippen LogP contribution in [0.5, 0.6) is 5.75 Å². The molecule has 19 heavy (non-hydrogen) atoms. The second-order valence-corrected chi connectivity index (χ2v) is 5.62. The second kappa shape index (κ2) is 6.09. The lowest BCUT2D eigenvalue weighted by atomic mass is 9.80. The normalized spacial score (nSPS) is 23.1. The first-order chi connectivity index (χ1) is 9.10. The molecule has 104 valence electrons. The van der Waals surface area contributed by atoms with Crippen molar-refractivity contribution in [2.45, 2.75) is 46.0 Å². The minimum Gasteiger partial charge on any atom is -0.508 e. The lowest BCUT2D eigenvalue weighted by Crippen LogP contribution is -2.27. The number of anilines is 1. The molecule has 0 atom stereocenters. The van der Waals surface area contributed by atoms with Crippen LogP contribution in [-0.4, -0.2) is 11.0 Å². The highest BCUT2D eigenvalue weighted by Crippen LogP contribution is 2.31. The first-order valence-corrected chi connectivity index (χ1v) is 7.20. The lowest BCUT2D eigenvalue weighted by Gasteiger charge is -2.26. The van der Waals surface area contributed by atoms with Gasteiger partial charge in [0.25, 0.3) is 0 Å². The van der Waals surface area contributed by atoms with E-state index in [0.29, 0.717) is 5.69 Å². The fourth-order valence-electron chi connectivity index (χ4n) is 2.76. The number of carbonyl (C=O) groups excluding carboxylic acids is 1. The molecule has 1 aromatic carbocycles. The summed E-state index contributed by atoms with van der Waals surface area (Å²) in [7, 11) is 0. The minimum atomic E-state index is 0.0952. The molecule has 3 heteroatoms. The van der Waals surface area contributed by atoms with Crippen molar-refractivity contribution in [1.82, 2.24) is 0 Å².